The summed E-state index contributed by atoms with van der Waals surface area (Å²) in [5.41, 5.74) is 0.491. The van der Waals surface area contributed by atoms with Gasteiger partial charge in [-0.3, -0.25) is 14.9 Å². The number of halogens is 1. The molecule has 0 radical (unpaired) electrons. The number of carbonyl (C=O) groups is 2. The Balaban J connectivity index is 1.87. The molecule has 0 aliphatic carbocycles. The molecule has 0 unspecified atom stereocenters. The predicted octanol–water partition coefficient (Wildman–Crippen LogP) is 5.37. The molecule has 0 aliphatic heterocycles. The van der Waals surface area contributed by atoms with Gasteiger partial charge < -0.3 is 19.5 Å². The number of anilines is 1. The number of ether oxygens (including phenoxy) is 3. The average Bonchev–Trinajstić information content (AvgIpc) is 2.89. The Morgan fingerprint density at radius 2 is 1.89 bits per heavy atom. The Labute approximate surface area is 225 Å². The van der Waals surface area contributed by atoms with Crippen LogP contribution in [0, 0.1) is 25.0 Å². The maximum absolute atomic E-state index is 12.7. The first-order valence-electron chi connectivity index (χ1n) is 10.8. The molecular weight excluding hydrogens is 593 g/mol. The van der Waals surface area contributed by atoms with Crippen LogP contribution in [-0.4, -0.2) is 30.5 Å². The molecule has 10 nitrogen and oxygen atoms in total. The largest absolute Gasteiger partial charge is 0.497 e. The van der Waals surface area contributed by atoms with Crippen molar-refractivity contribution in [3.05, 3.63) is 91.0 Å². The van der Waals surface area contributed by atoms with Crippen LogP contribution in [0.1, 0.15) is 22.8 Å². The van der Waals surface area contributed by atoms with Crippen LogP contribution in [-0.2, 0) is 4.79 Å². The second kappa shape index (κ2) is 12.5. The van der Waals surface area contributed by atoms with Gasteiger partial charge in [0, 0.05) is 17.8 Å². The van der Waals surface area contributed by atoms with Crippen molar-refractivity contribution in [2.75, 3.05) is 19.0 Å². The fourth-order valence-electron chi connectivity index (χ4n) is 3.12. The molecule has 0 heterocycles. The molecule has 3 aromatic carbocycles. The van der Waals surface area contributed by atoms with Gasteiger partial charge in [0.2, 0.25) is 0 Å². The summed E-state index contributed by atoms with van der Waals surface area (Å²) in [5.74, 6) is -0.302. The van der Waals surface area contributed by atoms with E-state index < -0.39 is 16.8 Å². The minimum absolute atomic E-state index is 0.172. The molecule has 0 saturated heterocycles. The van der Waals surface area contributed by atoms with Gasteiger partial charge >= 0.3 is 5.97 Å². The molecule has 11 heteroatoms. The maximum atomic E-state index is 12.7. The topological polar surface area (TPSA) is 141 Å². The van der Waals surface area contributed by atoms with Crippen LogP contribution >= 0.6 is 22.6 Å². The van der Waals surface area contributed by atoms with Gasteiger partial charge in [0.05, 0.1) is 27.8 Å². The van der Waals surface area contributed by atoms with Crippen molar-refractivity contribution < 1.29 is 28.7 Å². The van der Waals surface area contributed by atoms with Crippen molar-refractivity contribution in [1.29, 1.82) is 5.26 Å². The fraction of sp³-hybridized carbons (Fsp3) is 0.115. The smallest absolute Gasteiger partial charge is 0.343 e. The highest BCUT2D eigenvalue weighted by Gasteiger charge is 2.18. The van der Waals surface area contributed by atoms with Gasteiger partial charge in [-0.1, -0.05) is 6.07 Å². The quantitative estimate of drug-likeness (QED) is 0.0646. The second-order valence-corrected chi connectivity index (χ2v) is 8.47. The molecule has 0 aliphatic rings. The van der Waals surface area contributed by atoms with Gasteiger partial charge in [-0.15, -0.1) is 0 Å². The Bertz CT molecular complexity index is 1410. The second-order valence-electron chi connectivity index (χ2n) is 7.31. The SMILES string of the molecule is CCOc1cc(/C=C(\C#N)C(=O)Nc2cccc([N+](=O)[O-])c2)cc(I)c1OC(=O)c1ccc(OC)cc1. The lowest BCUT2D eigenvalue weighted by Gasteiger charge is -2.14. The van der Waals surface area contributed by atoms with Crippen LogP contribution in [0.15, 0.2) is 66.2 Å². The molecule has 0 atom stereocenters. The van der Waals surface area contributed by atoms with E-state index in [-0.39, 0.29) is 35.1 Å². The molecule has 0 aromatic heterocycles. The number of esters is 1. The Morgan fingerprint density at radius 3 is 2.51 bits per heavy atom. The standard InChI is InChI=1S/C26H20IN3O7/c1-3-36-23-13-16(11-18(15-28)25(31)29-19-5-4-6-20(14-19)30(33)34)12-22(27)24(23)37-26(32)17-7-9-21(35-2)10-8-17/h4-14H,3H2,1-2H3,(H,29,31)/b18-11+. The summed E-state index contributed by atoms with van der Waals surface area (Å²) < 4.78 is 16.9. The molecule has 0 fully saturated rings. The lowest BCUT2D eigenvalue weighted by molar-refractivity contribution is -0.384. The van der Waals surface area contributed by atoms with E-state index in [0.717, 1.165) is 0 Å². The number of nitro groups is 1. The first-order valence-corrected chi connectivity index (χ1v) is 11.8. The average molecular weight is 613 g/mol. The fourth-order valence-corrected chi connectivity index (χ4v) is 3.86. The minimum atomic E-state index is -0.744. The van der Waals surface area contributed by atoms with Gasteiger partial charge in [0.1, 0.15) is 17.4 Å². The molecule has 37 heavy (non-hydrogen) atoms. The van der Waals surface area contributed by atoms with Crippen molar-refractivity contribution in [3.63, 3.8) is 0 Å². The van der Waals surface area contributed by atoms with E-state index in [1.165, 1.54) is 37.5 Å². The number of rotatable bonds is 9. The first-order chi connectivity index (χ1) is 17.7. The number of methoxy groups -OCH3 is 1. The van der Waals surface area contributed by atoms with E-state index in [2.05, 4.69) is 5.32 Å². The van der Waals surface area contributed by atoms with E-state index in [4.69, 9.17) is 14.2 Å². The van der Waals surface area contributed by atoms with Crippen LogP contribution in [0.5, 0.6) is 17.2 Å². The summed E-state index contributed by atoms with van der Waals surface area (Å²) >= 11 is 1.97. The van der Waals surface area contributed by atoms with Crippen LogP contribution in [0.2, 0.25) is 0 Å². The number of nitro benzene ring substituents is 1. The van der Waals surface area contributed by atoms with E-state index in [0.29, 0.717) is 20.4 Å². The third kappa shape index (κ3) is 7.05. The third-order valence-electron chi connectivity index (χ3n) is 4.84. The summed E-state index contributed by atoms with van der Waals surface area (Å²) in [7, 11) is 1.52. The molecule has 0 spiro atoms. The van der Waals surface area contributed by atoms with Crippen molar-refractivity contribution >= 4 is 51.9 Å². The molecule has 0 saturated carbocycles. The molecule has 1 N–H and O–H groups in total. The highest BCUT2D eigenvalue weighted by atomic mass is 127. The van der Waals surface area contributed by atoms with Gasteiger partial charge in [-0.2, -0.15) is 5.26 Å². The molecule has 0 bridgehead atoms. The number of nitrogens with zero attached hydrogens (tertiary/aromatic N) is 2. The molecule has 3 rings (SSSR count). The monoisotopic (exact) mass is 613 g/mol. The van der Waals surface area contributed by atoms with E-state index in [1.807, 2.05) is 28.7 Å². The van der Waals surface area contributed by atoms with Crippen LogP contribution in [0.4, 0.5) is 11.4 Å². The minimum Gasteiger partial charge on any atom is -0.497 e. The van der Waals surface area contributed by atoms with Crippen molar-refractivity contribution in [2.45, 2.75) is 6.92 Å². The maximum Gasteiger partial charge on any atom is 0.343 e. The normalized spacial score (nSPS) is 10.7. The van der Waals surface area contributed by atoms with Gasteiger partial charge in [0.15, 0.2) is 11.5 Å². The third-order valence-corrected chi connectivity index (χ3v) is 5.64. The number of benzene rings is 3. The Hall–Kier alpha value is -4.44. The summed E-state index contributed by atoms with van der Waals surface area (Å²) in [6.07, 6.45) is 1.34. The number of nitriles is 1. The number of hydrogen-bond acceptors (Lipinski definition) is 8. The first kappa shape index (κ1) is 27.2. The molecule has 1 amide bonds. The van der Waals surface area contributed by atoms with Crippen molar-refractivity contribution in [3.8, 4) is 23.3 Å². The zero-order valence-corrected chi connectivity index (χ0v) is 21.8. The Morgan fingerprint density at radius 1 is 1.16 bits per heavy atom. The van der Waals surface area contributed by atoms with Crippen LogP contribution in [0.25, 0.3) is 6.08 Å². The molecule has 3 aromatic rings. The van der Waals surface area contributed by atoms with Crippen LogP contribution < -0.4 is 19.5 Å². The highest BCUT2D eigenvalue weighted by molar-refractivity contribution is 14.1. The summed E-state index contributed by atoms with van der Waals surface area (Å²) in [5, 5.41) is 23.0. The number of hydrogen-bond donors (Lipinski definition) is 1. The number of carbonyl (C=O) groups excluding carboxylic acids is 2. The van der Waals surface area contributed by atoms with Crippen LogP contribution in [0.3, 0.4) is 0 Å². The van der Waals surface area contributed by atoms with E-state index in [1.54, 1.807) is 43.3 Å². The zero-order chi connectivity index (χ0) is 26.9. The summed E-state index contributed by atoms with van der Waals surface area (Å²) in [4.78, 5) is 35.7. The van der Waals surface area contributed by atoms with E-state index in [9.17, 15) is 25.0 Å². The Kier molecular flexibility index (Phi) is 9.17. The number of non-ortho nitro benzene ring substituents is 1. The van der Waals surface area contributed by atoms with Crippen molar-refractivity contribution in [1.82, 2.24) is 0 Å². The number of nitrogens with one attached hydrogen (secondary N) is 1. The summed E-state index contributed by atoms with van der Waals surface area (Å²) in [6, 6.07) is 16.8. The lowest BCUT2D eigenvalue weighted by atomic mass is 10.1. The number of amides is 1. The molecular formula is C26H20IN3O7. The lowest BCUT2D eigenvalue weighted by Crippen LogP contribution is -2.13. The van der Waals surface area contributed by atoms with Crippen molar-refractivity contribution in [2.24, 2.45) is 0 Å². The van der Waals surface area contributed by atoms with Gasteiger partial charge in [-0.25, -0.2) is 4.79 Å². The molecule has 188 valence electrons. The predicted molar refractivity (Wildman–Crippen MR) is 144 cm³/mol. The summed E-state index contributed by atoms with van der Waals surface area (Å²) in [6.45, 7) is 2.03. The van der Waals surface area contributed by atoms with Gasteiger partial charge in [-0.05, 0) is 83.6 Å². The van der Waals surface area contributed by atoms with Gasteiger partial charge in [0.25, 0.3) is 11.6 Å². The van der Waals surface area contributed by atoms with E-state index >= 15 is 0 Å². The zero-order valence-electron chi connectivity index (χ0n) is 19.7. The highest BCUT2D eigenvalue weighted by Crippen LogP contribution is 2.35.